The number of alkyl halides is 1. The third kappa shape index (κ3) is 3.57. The number of hydrogen-bond donors (Lipinski definition) is 0. The van der Waals surface area contributed by atoms with E-state index in [1.165, 1.54) is 0 Å². The Labute approximate surface area is 164 Å². The Kier molecular flexibility index (Phi) is 4.91. The largest absolute Gasteiger partial charge is 0.457 e. The van der Waals surface area contributed by atoms with Crippen LogP contribution in [-0.4, -0.2) is 4.98 Å². The molecule has 1 heterocycles. The van der Waals surface area contributed by atoms with E-state index < -0.39 is 4.87 Å². The van der Waals surface area contributed by atoms with Gasteiger partial charge in [-0.3, -0.25) is 4.98 Å². The second-order valence-electron chi connectivity index (χ2n) is 6.18. The van der Waals surface area contributed by atoms with Gasteiger partial charge in [-0.1, -0.05) is 66.7 Å². The Morgan fingerprint density at radius 1 is 0.593 bits per heavy atom. The van der Waals surface area contributed by atoms with Crippen molar-refractivity contribution < 1.29 is 4.74 Å². The highest BCUT2D eigenvalue weighted by atomic mass is 35.5. The quantitative estimate of drug-likeness (QED) is 0.378. The summed E-state index contributed by atoms with van der Waals surface area (Å²) in [7, 11) is 0. The smallest absolute Gasteiger partial charge is 0.136 e. The first-order valence-electron chi connectivity index (χ1n) is 8.76. The lowest BCUT2D eigenvalue weighted by Crippen LogP contribution is -2.23. The molecule has 2 nitrogen and oxygen atoms in total. The lowest BCUT2D eigenvalue weighted by Gasteiger charge is -2.28. The minimum absolute atomic E-state index is 0.762. The summed E-state index contributed by atoms with van der Waals surface area (Å²) in [6.07, 6.45) is 1.77. The van der Waals surface area contributed by atoms with Crippen LogP contribution in [0.3, 0.4) is 0 Å². The Balaban J connectivity index is 1.73. The van der Waals surface area contributed by atoms with E-state index in [9.17, 15) is 0 Å². The first-order chi connectivity index (χ1) is 13.3. The van der Waals surface area contributed by atoms with Gasteiger partial charge in [0.05, 0.1) is 5.69 Å². The van der Waals surface area contributed by atoms with Gasteiger partial charge in [0.15, 0.2) is 0 Å². The Morgan fingerprint density at radius 3 is 1.78 bits per heavy atom. The summed E-state index contributed by atoms with van der Waals surface area (Å²) in [5.41, 5.74) is 2.70. The average Bonchev–Trinajstić information content (AvgIpc) is 2.76. The Hall–Kier alpha value is -3.10. The van der Waals surface area contributed by atoms with Gasteiger partial charge in [0.1, 0.15) is 16.4 Å². The summed E-state index contributed by atoms with van der Waals surface area (Å²) in [6.45, 7) is 0. The van der Waals surface area contributed by atoms with Crippen molar-refractivity contribution in [1.82, 2.24) is 4.98 Å². The number of nitrogens with zero attached hydrogens (tertiary/aromatic N) is 1. The van der Waals surface area contributed by atoms with Gasteiger partial charge in [0.2, 0.25) is 0 Å². The fraction of sp³-hybridized carbons (Fsp3) is 0.0417. The molecule has 1 atom stereocenters. The summed E-state index contributed by atoms with van der Waals surface area (Å²) in [5, 5.41) is 0. The zero-order valence-electron chi connectivity index (χ0n) is 14.6. The molecule has 0 fully saturated rings. The van der Waals surface area contributed by atoms with E-state index in [4.69, 9.17) is 16.3 Å². The van der Waals surface area contributed by atoms with Gasteiger partial charge in [-0.05, 0) is 47.5 Å². The molecule has 27 heavy (non-hydrogen) atoms. The summed E-state index contributed by atoms with van der Waals surface area (Å²) in [4.78, 5) is 3.66. The predicted octanol–water partition coefficient (Wildman–Crippen LogP) is 6.40. The van der Waals surface area contributed by atoms with E-state index in [-0.39, 0.29) is 0 Å². The zero-order chi connectivity index (χ0) is 18.5. The normalized spacial score (nSPS) is 12.9. The van der Waals surface area contributed by atoms with Crippen LogP contribution in [0, 0.1) is 0 Å². The van der Waals surface area contributed by atoms with E-state index in [0.29, 0.717) is 0 Å². The molecule has 132 valence electrons. The van der Waals surface area contributed by atoms with Crippen molar-refractivity contribution in [3.05, 3.63) is 126 Å². The van der Waals surface area contributed by atoms with Gasteiger partial charge in [-0.25, -0.2) is 0 Å². The Morgan fingerprint density at radius 2 is 1.15 bits per heavy atom. The van der Waals surface area contributed by atoms with Gasteiger partial charge >= 0.3 is 0 Å². The molecule has 1 aromatic heterocycles. The van der Waals surface area contributed by atoms with E-state index >= 15 is 0 Å². The first kappa shape index (κ1) is 17.3. The van der Waals surface area contributed by atoms with Crippen molar-refractivity contribution in [3.8, 4) is 11.5 Å². The summed E-state index contributed by atoms with van der Waals surface area (Å²) < 4.78 is 5.90. The minimum atomic E-state index is -0.867. The van der Waals surface area contributed by atoms with Crippen LogP contribution in [0.1, 0.15) is 16.8 Å². The highest BCUT2D eigenvalue weighted by Crippen LogP contribution is 2.42. The SMILES string of the molecule is ClC(c1ccccc1)(c1ccc(Oc2ccccc2)cc1)c1ccccn1. The predicted molar refractivity (Wildman–Crippen MR) is 109 cm³/mol. The monoisotopic (exact) mass is 371 g/mol. The molecule has 0 aliphatic carbocycles. The van der Waals surface area contributed by atoms with Gasteiger partial charge in [0, 0.05) is 6.20 Å². The molecular formula is C24H18ClNO. The first-order valence-corrected chi connectivity index (χ1v) is 9.14. The molecule has 0 amide bonds. The molecule has 0 aliphatic heterocycles. The average molecular weight is 372 g/mol. The maximum Gasteiger partial charge on any atom is 0.136 e. The van der Waals surface area contributed by atoms with Crippen molar-refractivity contribution in [2.24, 2.45) is 0 Å². The molecule has 3 heteroatoms. The topological polar surface area (TPSA) is 22.1 Å². The molecule has 0 spiro atoms. The van der Waals surface area contributed by atoms with Crippen LogP contribution in [0.4, 0.5) is 0 Å². The van der Waals surface area contributed by atoms with Crippen molar-refractivity contribution in [2.45, 2.75) is 4.87 Å². The number of aromatic nitrogens is 1. The maximum atomic E-state index is 7.22. The Bertz CT molecular complexity index is 947. The van der Waals surface area contributed by atoms with Gasteiger partial charge in [-0.2, -0.15) is 0 Å². The number of ether oxygens (including phenoxy) is 1. The molecule has 1 unspecified atom stereocenters. The van der Waals surface area contributed by atoms with Crippen LogP contribution in [0.15, 0.2) is 109 Å². The van der Waals surface area contributed by atoms with Crippen molar-refractivity contribution in [2.75, 3.05) is 0 Å². The second kappa shape index (κ2) is 7.65. The lowest BCUT2D eigenvalue weighted by molar-refractivity contribution is 0.482. The number of pyridine rings is 1. The second-order valence-corrected chi connectivity index (χ2v) is 6.75. The summed E-state index contributed by atoms with van der Waals surface area (Å²) >= 11 is 7.22. The molecular weight excluding hydrogens is 354 g/mol. The van der Waals surface area contributed by atoms with Crippen LogP contribution >= 0.6 is 11.6 Å². The number of rotatable bonds is 5. The fourth-order valence-corrected chi connectivity index (χ4v) is 3.44. The van der Waals surface area contributed by atoms with Gasteiger partial charge in [-0.15, -0.1) is 11.6 Å². The number of hydrogen-bond acceptors (Lipinski definition) is 2. The highest BCUT2D eigenvalue weighted by Gasteiger charge is 2.35. The van der Waals surface area contributed by atoms with Crippen LogP contribution < -0.4 is 4.74 Å². The standard InChI is InChI=1S/C24H18ClNO/c25-24(19-9-3-1-4-10-19,23-13-7-8-18-26-23)20-14-16-22(17-15-20)27-21-11-5-2-6-12-21/h1-18H. The minimum Gasteiger partial charge on any atom is -0.457 e. The van der Waals surface area contributed by atoms with Gasteiger partial charge in [0.25, 0.3) is 0 Å². The van der Waals surface area contributed by atoms with Crippen molar-refractivity contribution in [3.63, 3.8) is 0 Å². The van der Waals surface area contributed by atoms with E-state index in [1.54, 1.807) is 6.20 Å². The highest BCUT2D eigenvalue weighted by molar-refractivity contribution is 6.28. The molecule has 3 aromatic carbocycles. The van der Waals surface area contributed by atoms with Gasteiger partial charge < -0.3 is 4.74 Å². The van der Waals surface area contributed by atoms with Crippen molar-refractivity contribution >= 4 is 11.6 Å². The molecule has 0 N–H and O–H groups in total. The maximum absolute atomic E-state index is 7.22. The summed E-state index contributed by atoms with van der Waals surface area (Å²) in [6, 6.07) is 33.4. The third-order valence-electron chi connectivity index (χ3n) is 4.42. The molecule has 0 radical (unpaired) electrons. The van der Waals surface area contributed by atoms with Crippen molar-refractivity contribution in [1.29, 1.82) is 0 Å². The molecule has 0 bridgehead atoms. The van der Waals surface area contributed by atoms with E-state index in [0.717, 1.165) is 28.3 Å². The number of para-hydroxylation sites is 1. The summed E-state index contributed by atoms with van der Waals surface area (Å²) in [5.74, 6) is 1.56. The number of benzene rings is 3. The van der Waals surface area contributed by atoms with Crippen LogP contribution in [-0.2, 0) is 4.87 Å². The lowest BCUT2D eigenvalue weighted by atomic mass is 9.87. The van der Waals surface area contributed by atoms with Crippen LogP contribution in [0.2, 0.25) is 0 Å². The van der Waals surface area contributed by atoms with Crippen LogP contribution in [0.25, 0.3) is 0 Å². The molecule has 0 saturated carbocycles. The number of halogens is 1. The molecule has 0 aliphatic rings. The van der Waals surface area contributed by atoms with E-state index in [2.05, 4.69) is 4.98 Å². The molecule has 4 rings (SSSR count). The zero-order valence-corrected chi connectivity index (χ0v) is 15.4. The van der Waals surface area contributed by atoms with Crippen LogP contribution in [0.5, 0.6) is 11.5 Å². The molecule has 4 aromatic rings. The fourth-order valence-electron chi connectivity index (χ4n) is 3.07. The third-order valence-corrected chi connectivity index (χ3v) is 5.05. The van der Waals surface area contributed by atoms with E-state index in [1.807, 2.05) is 103 Å². The molecule has 0 saturated heterocycles.